The van der Waals surface area contributed by atoms with E-state index in [0.717, 1.165) is 16.0 Å². The largest absolute Gasteiger partial charge is 0.449 e. The number of benzene rings is 2. The maximum absolute atomic E-state index is 13.0. The molecule has 7 nitrogen and oxygen atoms in total. The molecule has 0 N–H and O–H groups in total. The molecule has 0 aromatic heterocycles. The number of aryl methyl sites for hydroxylation is 2. The second-order valence-corrected chi connectivity index (χ2v) is 7.28. The Morgan fingerprint density at radius 1 is 0.966 bits per heavy atom. The molecule has 7 heteroatoms. The number of amides is 3. The molecular formula is C22H22N2O5. The van der Waals surface area contributed by atoms with Crippen molar-refractivity contribution < 1.29 is 23.9 Å². The van der Waals surface area contributed by atoms with Crippen molar-refractivity contribution in [3.05, 3.63) is 64.2 Å². The van der Waals surface area contributed by atoms with Gasteiger partial charge in [0.2, 0.25) is 0 Å². The monoisotopic (exact) mass is 394 g/mol. The van der Waals surface area contributed by atoms with Gasteiger partial charge < -0.3 is 9.64 Å². The Bertz CT molecular complexity index is 1040. The van der Waals surface area contributed by atoms with Crippen molar-refractivity contribution in [1.82, 2.24) is 4.90 Å². The van der Waals surface area contributed by atoms with Crippen molar-refractivity contribution in [1.29, 1.82) is 0 Å². The van der Waals surface area contributed by atoms with E-state index in [1.165, 1.54) is 30.0 Å². The van der Waals surface area contributed by atoms with Gasteiger partial charge in [-0.2, -0.15) is 0 Å². The van der Waals surface area contributed by atoms with E-state index in [-0.39, 0.29) is 22.6 Å². The Hall–Kier alpha value is -3.48. The highest BCUT2D eigenvalue weighted by Crippen LogP contribution is 2.32. The highest BCUT2D eigenvalue weighted by Gasteiger charge is 2.38. The van der Waals surface area contributed by atoms with E-state index in [9.17, 15) is 19.2 Å². The van der Waals surface area contributed by atoms with Crippen LogP contribution < -0.4 is 4.90 Å². The zero-order valence-electron chi connectivity index (χ0n) is 17.0. The van der Waals surface area contributed by atoms with Gasteiger partial charge in [0.05, 0.1) is 22.4 Å². The summed E-state index contributed by atoms with van der Waals surface area (Å²) in [5.74, 6) is -2.02. The molecule has 0 saturated carbocycles. The molecule has 1 heterocycles. The molecule has 3 rings (SSSR count). The second kappa shape index (κ2) is 7.50. The van der Waals surface area contributed by atoms with Gasteiger partial charge in [0, 0.05) is 14.1 Å². The van der Waals surface area contributed by atoms with E-state index in [0.29, 0.717) is 5.69 Å². The maximum Gasteiger partial charge on any atom is 0.338 e. The number of likely N-dealkylation sites (N-methyl/N-ethyl adjacent to an activating group) is 1. The van der Waals surface area contributed by atoms with E-state index in [2.05, 4.69) is 0 Å². The van der Waals surface area contributed by atoms with Crippen molar-refractivity contribution >= 4 is 29.4 Å². The molecule has 0 fully saturated rings. The van der Waals surface area contributed by atoms with Crippen LogP contribution in [0.4, 0.5) is 5.69 Å². The molecule has 0 aliphatic carbocycles. The van der Waals surface area contributed by atoms with Crippen LogP contribution in [0.25, 0.3) is 0 Å². The van der Waals surface area contributed by atoms with E-state index in [1.54, 1.807) is 20.2 Å². The Kier molecular flexibility index (Phi) is 5.24. The lowest BCUT2D eigenvalue weighted by atomic mass is 10.1. The molecule has 1 atom stereocenters. The molecule has 0 spiro atoms. The van der Waals surface area contributed by atoms with E-state index >= 15 is 0 Å². The summed E-state index contributed by atoms with van der Waals surface area (Å²) >= 11 is 0. The van der Waals surface area contributed by atoms with Crippen LogP contribution in [0.3, 0.4) is 0 Å². The first kappa shape index (κ1) is 20.3. The average Bonchev–Trinajstić information content (AvgIpc) is 2.93. The smallest absolute Gasteiger partial charge is 0.338 e. The molecular weight excluding hydrogens is 372 g/mol. The third kappa shape index (κ3) is 3.63. The standard InChI is InChI=1S/C22H22N2O5/c1-12-6-7-13(2)18(10-12)24-20(26)16-9-8-15(11-17(16)21(24)27)22(28)29-14(3)19(25)23(4)5/h6-11,14H,1-5H3/t14-/m0/s1. The minimum absolute atomic E-state index is 0.103. The van der Waals surface area contributed by atoms with Crippen LogP contribution in [0.1, 0.15) is 49.1 Å². The molecule has 2 aromatic carbocycles. The number of hydrogen-bond donors (Lipinski definition) is 0. The van der Waals surface area contributed by atoms with E-state index in [1.807, 2.05) is 26.0 Å². The van der Waals surface area contributed by atoms with Crippen LogP contribution in [0.5, 0.6) is 0 Å². The molecule has 0 radical (unpaired) electrons. The number of carbonyl (C=O) groups is 4. The third-order valence-electron chi connectivity index (χ3n) is 4.80. The topological polar surface area (TPSA) is 84.0 Å². The van der Waals surface area contributed by atoms with Gasteiger partial charge in [-0.05, 0) is 56.2 Å². The lowest BCUT2D eigenvalue weighted by Gasteiger charge is -2.17. The summed E-state index contributed by atoms with van der Waals surface area (Å²) in [7, 11) is 3.13. The summed E-state index contributed by atoms with van der Waals surface area (Å²) < 4.78 is 5.19. The second-order valence-electron chi connectivity index (χ2n) is 7.28. The fourth-order valence-electron chi connectivity index (χ4n) is 3.19. The van der Waals surface area contributed by atoms with Gasteiger partial charge in [0.15, 0.2) is 6.10 Å². The highest BCUT2D eigenvalue weighted by atomic mass is 16.5. The number of fused-ring (bicyclic) bond motifs is 1. The highest BCUT2D eigenvalue weighted by molar-refractivity contribution is 6.35. The SMILES string of the molecule is Cc1ccc(C)c(N2C(=O)c3ccc(C(=O)O[C@@H](C)C(=O)N(C)C)cc3C2=O)c1. The molecule has 3 amide bonds. The lowest BCUT2D eigenvalue weighted by Crippen LogP contribution is -2.34. The predicted octanol–water partition coefficient (Wildman–Crippen LogP) is 2.74. The minimum Gasteiger partial charge on any atom is -0.449 e. The minimum atomic E-state index is -0.963. The number of ether oxygens (including phenoxy) is 1. The van der Waals surface area contributed by atoms with Crippen molar-refractivity contribution in [3.8, 4) is 0 Å². The first-order chi connectivity index (χ1) is 13.6. The van der Waals surface area contributed by atoms with Crippen LogP contribution in [0.2, 0.25) is 0 Å². The fraction of sp³-hybridized carbons (Fsp3) is 0.273. The summed E-state index contributed by atoms with van der Waals surface area (Å²) in [6, 6.07) is 9.74. The van der Waals surface area contributed by atoms with Crippen LogP contribution >= 0.6 is 0 Å². The molecule has 0 unspecified atom stereocenters. The first-order valence-electron chi connectivity index (χ1n) is 9.14. The Morgan fingerprint density at radius 2 is 1.62 bits per heavy atom. The van der Waals surface area contributed by atoms with Crippen molar-refractivity contribution in [2.24, 2.45) is 0 Å². The van der Waals surface area contributed by atoms with Gasteiger partial charge >= 0.3 is 5.97 Å². The Morgan fingerprint density at radius 3 is 2.28 bits per heavy atom. The van der Waals surface area contributed by atoms with Gasteiger partial charge in [-0.15, -0.1) is 0 Å². The van der Waals surface area contributed by atoms with Gasteiger partial charge in [-0.1, -0.05) is 12.1 Å². The Balaban J connectivity index is 1.91. The maximum atomic E-state index is 13.0. The summed E-state index contributed by atoms with van der Waals surface area (Å²) in [4.78, 5) is 52.6. The zero-order chi connectivity index (χ0) is 21.5. The first-order valence-corrected chi connectivity index (χ1v) is 9.14. The quantitative estimate of drug-likeness (QED) is 0.588. The summed E-state index contributed by atoms with van der Waals surface area (Å²) in [6.45, 7) is 5.18. The molecule has 0 saturated heterocycles. The summed E-state index contributed by atoms with van der Waals surface area (Å²) in [6.07, 6.45) is -0.963. The average molecular weight is 394 g/mol. The molecule has 29 heavy (non-hydrogen) atoms. The van der Waals surface area contributed by atoms with Gasteiger partial charge in [-0.25, -0.2) is 9.69 Å². The third-order valence-corrected chi connectivity index (χ3v) is 4.80. The van der Waals surface area contributed by atoms with Crippen molar-refractivity contribution in [2.45, 2.75) is 26.9 Å². The Labute approximate surface area is 168 Å². The number of nitrogens with zero attached hydrogens (tertiary/aromatic N) is 2. The molecule has 150 valence electrons. The summed E-state index contributed by atoms with van der Waals surface area (Å²) in [5, 5.41) is 0. The van der Waals surface area contributed by atoms with Crippen LogP contribution in [-0.4, -0.2) is 48.8 Å². The summed E-state index contributed by atoms with van der Waals surface area (Å²) in [5.41, 5.74) is 2.70. The van der Waals surface area contributed by atoms with Crippen LogP contribution in [0, 0.1) is 13.8 Å². The number of rotatable bonds is 4. The van der Waals surface area contributed by atoms with Gasteiger partial charge in [0.1, 0.15) is 0 Å². The molecule has 0 bridgehead atoms. The molecule has 1 aliphatic heterocycles. The van der Waals surface area contributed by atoms with Gasteiger partial charge in [-0.3, -0.25) is 14.4 Å². The number of hydrogen-bond acceptors (Lipinski definition) is 5. The zero-order valence-corrected chi connectivity index (χ0v) is 17.0. The number of esters is 1. The lowest BCUT2D eigenvalue weighted by molar-refractivity contribution is -0.137. The van der Waals surface area contributed by atoms with Crippen LogP contribution in [0.15, 0.2) is 36.4 Å². The van der Waals surface area contributed by atoms with Crippen molar-refractivity contribution in [3.63, 3.8) is 0 Å². The van der Waals surface area contributed by atoms with Gasteiger partial charge in [0.25, 0.3) is 17.7 Å². The predicted molar refractivity (Wildman–Crippen MR) is 107 cm³/mol. The molecule has 1 aliphatic rings. The van der Waals surface area contributed by atoms with E-state index in [4.69, 9.17) is 4.74 Å². The molecule has 2 aromatic rings. The van der Waals surface area contributed by atoms with Crippen molar-refractivity contribution in [2.75, 3.05) is 19.0 Å². The van der Waals surface area contributed by atoms with E-state index < -0.39 is 23.9 Å². The normalized spacial score (nSPS) is 13.9. The van der Waals surface area contributed by atoms with Crippen LogP contribution in [-0.2, 0) is 9.53 Å². The number of anilines is 1. The fourth-order valence-corrected chi connectivity index (χ4v) is 3.19. The number of imide groups is 1. The number of carbonyl (C=O) groups excluding carboxylic acids is 4.